The second-order valence-corrected chi connectivity index (χ2v) is 23.3. The zero-order valence-electron chi connectivity index (χ0n) is 49.6. The van der Waals surface area contributed by atoms with Crippen molar-refractivity contribution >= 4 is 22.7 Å². The van der Waals surface area contributed by atoms with Crippen LogP contribution in [0, 0.1) is 0 Å². The number of hydrogen-bond donors (Lipinski definition) is 0. The first kappa shape index (κ1) is 53.9. The number of benzene rings is 13. The average Bonchev–Trinajstić information content (AvgIpc) is 0.715. The Balaban J connectivity index is 0.912. The van der Waals surface area contributed by atoms with Crippen molar-refractivity contribution in [2.45, 2.75) is 23.9 Å². The molecule has 2 aliphatic rings. The minimum Gasteiger partial charge on any atom is -0.336 e. The lowest BCUT2D eigenvalue weighted by Crippen LogP contribution is -2.39. The number of para-hydroxylation sites is 4. The van der Waals surface area contributed by atoms with Gasteiger partial charge in [-0.2, -0.15) is 0 Å². The molecular weight excluding hydrogens is 1090 g/mol. The van der Waals surface area contributed by atoms with Gasteiger partial charge in [-0.15, -0.1) is 0 Å². The highest BCUT2D eigenvalue weighted by atomic mass is 15.2. The lowest BCUT2D eigenvalue weighted by Gasteiger charge is -2.46. The first-order valence-corrected chi connectivity index (χ1v) is 31.0. The van der Waals surface area contributed by atoms with Crippen LogP contribution < -0.4 is 9.80 Å². The van der Waals surface area contributed by atoms with E-state index in [1.54, 1.807) is 0 Å². The molecule has 0 radical (unpaired) electrons. The summed E-state index contributed by atoms with van der Waals surface area (Å²) in [5.41, 5.74) is 22.4. The summed E-state index contributed by atoms with van der Waals surface area (Å²) in [6, 6.07) is 125. The van der Waals surface area contributed by atoms with Gasteiger partial charge in [0.2, 0.25) is 0 Å². The van der Waals surface area contributed by atoms with E-state index in [4.69, 9.17) is 15.0 Å². The van der Waals surface area contributed by atoms with E-state index in [2.05, 4.69) is 350 Å². The molecule has 0 saturated heterocycles. The minimum atomic E-state index is -0.612. The summed E-state index contributed by atoms with van der Waals surface area (Å²) in [4.78, 5) is 22.0. The maximum atomic E-state index is 5.80. The monoisotopic (exact) mass is 1150 g/mol. The molecule has 0 aliphatic carbocycles. The van der Waals surface area contributed by atoms with Crippen molar-refractivity contribution in [1.29, 1.82) is 0 Å². The third-order valence-electron chi connectivity index (χ3n) is 18.5. The van der Waals surface area contributed by atoms with Crippen molar-refractivity contribution < 1.29 is 0 Å². The Hall–Kier alpha value is -11.5. The van der Waals surface area contributed by atoms with E-state index in [1.807, 2.05) is 6.07 Å². The van der Waals surface area contributed by atoms with Crippen molar-refractivity contribution in [2.24, 2.45) is 0 Å². The second kappa shape index (κ2) is 23.0. The molecule has 16 rings (SSSR count). The van der Waals surface area contributed by atoms with E-state index in [-0.39, 0.29) is 0 Å². The Morgan fingerprint density at radius 1 is 0.211 bits per heavy atom. The molecule has 0 amide bonds. The predicted octanol–water partition coefficient (Wildman–Crippen LogP) is 20.3. The molecule has 0 fully saturated rings. The van der Waals surface area contributed by atoms with Gasteiger partial charge in [0.15, 0.2) is 17.5 Å². The Morgan fingerprint density at radius 2 is 0.456 bits per heavy atom. The molecule has 90 heavy (non-hydrogen) atoms. The second-order valence-electron chi connectivity index (χ2n) is 23.3. The zero-order chi connectivity index (χ0) is 59.9. The number of nitrogens with zero attached hydrogens (tertiary/aromatic N) is 5. The zero-order valence-corrected chi connectivity index (χ0v) is 49.6. The number of rotatable bonds is 13. The van der Waals surface area contributed by atoms with Crippen LogP contribution in [0.3, 0.4) is 0 Å². The third kappa shape index (κ3) is 8.96. The van der Waals surface area contributed by atoms with Crippen LogP contribution in [0.15, 0.2) is 346 Å². The molecule has 0 unspecified atom stereocenters. The number of hydrogen-bond acceptors (Lipinski definition) is 5. The molecule has 13 aromatic carbocycles. The Bertz CT molecular complexity index is 4420. The molecule has 1 aromatic heterocycles. The van der Waals surface area contributed by atoms with Gasteiger partial charge in [-0.1, -0.05) is 322 Å². The molecule has 0 spiro atoms. The fraction of sp³-hybridized carbons (Fsp3) is 0.0471. The van der Waals surface area contributed by atoms with E-state index in [0.717, 1.165) is 72.8 Å². The van der Waals surface area contributed by atoms with E-state index < -0.39 is 10.8 Å². The molecule has 14 aromatic rings. The maximum Gasteiger partial charge on any atom is 0.164 e. The van der Waals surface area contributed by atoms with Gasteiger partial charge in [0.25, 0.3) is 0 Å². The minimum absolute atomic E-state index is 0.506. The summed E-state index contributed by atoms with van der Waals surface area (Å²) < 4.78 is 0. The third-order valence-corrected chi connectivity index (χ3v) is 18.5. The highest BCUT2D eigenvalue weighted by Gasteiger charge is 2.48. The van der Waals surface area contributed by atoms with Crippen LogP contribution in [0.1, 0.15) is 55.6 Å². The number of anilines is 4. The maximum absolute atomic E-state index is 5.80. The summed E-state index contributed by atoms with van der Waals surface area (Å²) in [5, 5.41) is 0. The van der Waals surface area contributed by atoms with Crippen LogP contribution in [0.4, 0.5) is 22.7 Å². The molecule has 5 heteroatoms. The molecular formula is C85H61N5. The SMILES string of the molecule is c1ccc(-c2nc(-c3cccc(-c4ccccc4)c3CN3c4ccccc4C(c4ccccc4)(c4ccccc4)c4ccccc43)nc(-c3cccc(-c4ccccc4)c3CN3c4ccccc4C(c4ccccc4)(c4ccccc4)c4ccccc43)n2)cc1. The molecule has 0 N–H and O–H groups in total. The molecule has 0 saturated carbocycles. The normalized spacial score (nSPS) is 13.3. The van der Waals surface area contributed by atoms with Crippen LogP contribution in [-0.4, -0.2) is 15.0 Å². The fourth-order valence-electron chi connectivity index (χ4n) is 14.7. The lowest BCUT2D eigenvalue weighted by molar-refractivity contribution is 0.716. The Morgan fingerprint density at radius 3 is 0.767 bits per heavy atom. The van der Waals surface area contributed by atoms with Crippen LogP contribution in [0.2, 0.25) is 0 Å². The van der Waals surface area contributed by atoms with Crippen molar-refractivity contribution in [3.05, 3.63) is 401 Å². The predicted molar refractivity (Wildman–Crippen MR) is 368 cm³/mol. The van der Waals surface area contributed by atoms with Crippen molar-refractivity contribution in [2.75, 3.05) is 9.80 Å². The summed E-state index contributed by atoms with van der Waals surface area (Å²) in [6.45, 7) is 1.01. The van der Waals surface area contributed by atoms with E-state index >= 15 is 0 Å². The molecule has 3 heterocycles. The van der Waals surface area contributed by atoms with Gasteiger partial charge >= 0.3 is 0 Å². The van der Waals surface area contributed by atoms with E-state index in [1.165, 1.54) is 44.5 Å². The first-order valence-electron chi connectivity index (χ1n) is 31.0. The average molecular weight is 1150 g/mol. The molecule has 5 nitrogen and oxygen atoms in total. The topological polar surface area (TPSA) is 45.2 Å². The van der Waals surface area contributed by atoms with Crippen LogP contribution >= 0.6 is 0 Å². The first-order chi connectivity index (χ1) is 44.7. The molecule has 0 atom stereocenters. The van der Waals surface area contributed by atoms with Gasteiger partial charge in [0.05, 0.1) is 10.8 Å². The summed E-state index contributed by atoms with van der Waals surface area (Å²) in [5.74, 6) is 1.78. The largest absolute Gasteiger partial charge is 0.336 e. The highest BCUT2D eigenvalue weighted by molar-refractivity contribution is 5.88. The van der Waals surface area contributed by atoms with Crippen molar-refractivity contribution in [3.63, 3.8) is 0 Å². The summed E-state index contributed by atoms with van der Waals surface area (Å²) in [7, 11) is 0. The Kier molecular flexibility index (Phi) is 13.8. The standard InChI is InChI=1S/C85H61N5/c1-8-32-60(33-9-1)67-46-30-48-69(71(67)58-89-77-54-26-22-50-73(77)84(63-38-14-4-15-39-63,64-40-16-5-17-41-64)74-51-23-27-55-78(74)89)82-86-81(62-36-12-3-13-37-62)87-83(88-82)70-49-31-47-68(61-34-10-2-11-35-61)72(70)59-90-79-56-28-24-52-75(79)85(65-42-18-6-19-43-65,66-44-20-7-21-45-66)76-53-25-29-57-80(76)90/h1-57H,58-59H2. The Labute approximate surface area is 526 Å². The molecule has 0 bridgehead atoms. The molecule has 2 aliphatic heterocycles. The fourth-order valence-corrected chi connectivity index (χ4v) is 14.7. The van der Waals surface area contributed by atoms with Gasteiger partial charge < -0.3 is 9.80 Å². The van der Waals surface area contributed by atoms with Crippen molar-refractivity contribution in [3.8, 4) is 56.4 Å². The lowest BCUT2D eigenvalue weighted by atomic mass is 9.62. The van der Waals surface area contributed by atoms with E-state index in [0.29, 0.717) is 30.6 Å². The quantitative estimate of drug-likeness (QED) is 0.115. The van der Waals surface area contributed by atoms with Gasteiger partial charge in [-0.3, -0.25) is 0 Å². The number of fused-ring (bicyclic) bond motifs is 4. The summed E-state index contributed by atoms with van der Waals surface area (Å²) >= 11 is 0. The van der Waals surface area contributed by atoms with Gasteiger partial charge in [0.1, 0.15) is 0 Å². The highest BCUT2D eigenvalue weighted by Crippen LogP contribution is 2.58. The smallest absolute Gasteiger partial charge is 0.164 e. The van der Waals surface area contributed by atoms with E-state index in [9.17, 15) is 0 Å². The number of aromatic nitrogens is 3. The van der Waals surface area contributed by atoms with Gasteiger partial charge in [-0.25, -0.2) is 15.0 Å². The van der Waals surface area contributed by atoms with Crippen molar-refractivity contribution in [1.82, 2.24) is 15.0 Å². The van der Waals surface area contributed by atoms with Gasteiger partial charge in [-0.05, 0) is 102 Å². The molecule has 426 valence electrons. The van der Waals surface area contributed by atoms with Crippen LogP contribution in [0.5, 0.6) is 0 Å². The summed E-state index contributed by atoms with van der Waals surface area (Å²) in [6.07, 6.45) is 0. The van der Waals surface area contributed by atoms with Gasteiger partial charge in [0, 0.05) is 52.5 Å². The van der Waals surface area contributed by atoms with Crippen LogP contribution in [-0.2, 0) is 23.9 Å². The van der Waals surface area contributed by atoms with Crippen LogP contribution in [0.25, 0.3) is 56.4 Å².